The Labute approximate surface area is 165 Å². The zero-order valence-corrected chi connectivity index (χ0v) is 16.9. The normalized spacial score (nSPS) is 15.9. The third-order valence-corrected chi connectivity index (χ3v) is 7.79. The number of para-hydroxylation sites is 1. The molecule has 0 saturated carbocycles. The molecule has 3 heterocycles. The minimum absolute atomic E-state index is 0.364. The molecule has 0 bridgehead atoms. The van der Waals surface area contributed by atoms with Gasteiger partial charge in [0.2, 0.25) is 10.0 Å². The molecule has 2 aromatic heterocycles. The van der Waals surface area contributed by atoms with Crippen molar-refractivity contribution in [3.8, 4) is 0 Å². The summed E-state index contributed by atoms with van der Waals surface area (Å²) >= 11 is 0. The van der Waals surface area contributed by atoms with Gasteiger partial charge in [0.1, 0.15) is 5.82 Å². The van der Waals surface area contributed by atoms with Gasteiger partial charge in [-0.25, -0.2) is 13.4 Å². The van der Waals surface area contributed by atoms with Crippen LogP contribution in [0.15, 0.2) is 48.8 Å². The van der Waals surface area contributed by atoms with E-state index in [0.717, 1.165) is 33.5 Å². The number of nitrogens with zero attached hydrogens (tertiary/aromatic N) is 3. The molecular weight excluding hydrogens is 372 g/mol. The third kappa shape index (κ3) is 3.47. The Morgan fingerprint density at radius 1 is 1.21 bits per heavy atom. The van der Waals surface area contributed by atoms with E-state index in [1.165, 1.54) is 0 Å². The predicted molar refractivity (Wildman–Crippen MR) is 112 cm³/mol. The van der Waals surface area contributed by atoms with E-state index >= 15 is 0 Å². The van der Waals surface area contributed by atoms with Crippen LogP contribution in [-0.2, 0) is 23.0 Å². The molecular formula is C21H24N4O2S. The van der Waals surface area contributed by atoms with Gasteiger partial charge in [0.25, 0.3) is 0 Å². The average molecular weight is 397 g/mol. The summed E-state index contributed by atoms with van der Waals surface area (Å²) in [6, 6.07) is 11.9. The van der Waals surface area contributed by atoms with Crippen LogP contribution in [0.1, 0.15) is 31.4 Å². The van der Waals surface area contributed by atoms with Gasteiger partial charge >= 0.3 is 0 Å². The topological polar surface area (TPSA) is 75.2 Å². The van der Waals surface area contributed by atoms with Crippen LogP contribution in [-0.4, -0.2) is 34.5 Å². The maximum Gasteiger partial charge on any atom is 0.217 e. The van der Waals surface area contributed by atoms with Crippen LogP contribution in [0.5, 0.6) is 0 Å². The van der Waals surface area contributed by atoms with Gasteiger partial charge in [-0.2, -0.15) is 4.31 Å². The van der Waals surface area contributed by atoms with E-state index < -0.39 is 10.0 Å². The molecule has 4 rings (SSSR count). The predicted octanol–water partition coefficient (Wildman–Crippen LogP) is 3.86. The Morgan fingerprint density at radius 3 is 2.86 bits per heavy atom. The summed E-state index contributed by atoms with van der Waals surface area (Å²) in [4.78, 5) is 8.98. The highest BCUT2D eigenvalue weighted by Crippen LogP contribution is 2.29. The number of fused-ring (bicyclic) bond motifs is 2. The van der Waals surface area contributed by atoms with Crippen LogP contribution in [0.2, 0.25) is 0 Å². The molecule has 1 aliphatic heterocycles. The van der Waals surface area contributed by atoms with Crippen molar-refractivity contribution < 1.29 is 8.42 Å². The van der Waals surface area contributed by atoms with Crippen LogP contribution < -0.4 is 5.32 Å². The van der Waals surface area contributed by atoms with E-state index in [4.69, 9.17) is 0 Å². The monoisotopic (exact) mass is 396 g/mol. The van der Waals surface area contributed by atoms with Gasteiger partial charge in [-0.3, -0.25) is 4.98 Å². The second kappa shape index (κ2) is 7.48. The number of nitrogens with one attached hydrogen (secondary N) is 1. The molecule has 1 atom stereocenters. The first-order chi connectivity index (χ1) is 13.5. The second-order valence-electron chi connectivity index (χ2n) is 7.19. The highest BCUT2D eigenvalue weighted by molar-refractivity contribution is 7.89. The Bertz CT molecular complexity index is 1110. The van der Waals surface area contributed by atoms with E-state index in [1.807, 2.05) is 43.3 Å². The first-order valence-corrected chi connectivity index (χ1v) is 11.1. The molecule has 0 amide bonds. The first-order valence-electron chi connectivity index (χ1n) is 9.56. The number of rotatable bonds is 5. The fourth-order valence-electron chi connectivity index (χ4n) is 3.53. The lowest BCUT2D eigenvalue weighted by Crippen LogP contribution is -2.40. The van der Waals surface area contributed by atoms with Crippen molar-refractivity contribution in [2.45, 2.75) is 38.5 Å². The maximum absolute atomic E-state index is 12.7. The lowest BCUT2D eigenvalue weighted by molar-refractivity contribution is 0.385. The number of sulfonamides is 1. The molecule has 0 spiro atoms. The summed E-state index contributed by atoms with van der Waals surface area (Å²) < 4.78 is 27.0. The largest absolute Gasteiger partial charge is 0.339 e. The summed E-state index contributed by atoms with van der Waals surface area (Å²) in [5.41, 5.74) is 3.90. The van der Waals surface area contributed by atoms with Gasteiger partial charge in [-0.1, -0.05) is 25.1 Å². The van der Waals surface area contributed by atoms with Crippen LogP contribution in [0.4, 0.5) is 11.5 Å². The quantitative estimate of drug-likeness (QED) is 0.709. The molecule has 0 fully saturated rings. The molecule has 1 aliphatic rings. The molecule has 1 N–H and O–H groups in total. The molecule has 7 heteroatoms. The number of pyridine rings is 2. The molecule has 1 aromatic carbocycles. The van der Waals surface area contributed by atoms with Crippen molar-refractivity contribution in [2.24, 2.45) is 0 Å². The SMILES string of the molecule is CCC(C)S(=O)(=O)N1CCc2c(ccnc2Nc2cnc3ccccc3c2)C1. The second-order valence-corrected chi connectivity index (χ2v) is 9.54. The van der Waals surface area contributed by atoms with E-state index in [9.17, 15) is 8.42 Å². The summed E-state index contributed by atoms with van der Waals surface area (Å²) in [6.07, 6.45) is 4.78. The van der Waals surface area contributed by atoms with Gasteiger partial charge in [0, 0.05) is 30.2 Å². The number of hydrogen-bond donors (Lipinski definition) is 1. The summed E-state index contributed by atoms with van der Waals surface area (Å²) in [7, 11) is -3.27. The van der Waals surface area contributed by atoms with Crippen LogP contribution >= 0.6 is 0 Å². The summed E-state index contributed by atoms with van der Waals surface area (Å²) in [5, 5.41) is 4.06. The first kappa shape index (κ1) is 18.8. The Hall–Kier alpha value is -2.51. The molecule has 0 saturated heterocycles. The standard InChI is InChI=1S/C21H24N4O2S/c1-3-15(2)28(26,27)25-11-9-19-17(14-25)8-10-22-21(19)24-18-12-16-6-4-5-7-20(16)23-13-18/h4-8,10,12-13,15H,3,9,11,14H2,1-2H3,(H,22,24). The van der Waals surface area contributed by atoms with Crippen molar-refractivity contribution in [2.75, 3.05) is 11.9 Å². The van der Waals surface area contributed by atoms with Gasteiger partial charge in [0.15, 0.2) is 0 Å². The minimum atomic E-state index is -3.27. The fourth-order valence-corrected chi connectivity index (χ4v) is 5.13. The van der Waals surface area contributed by atoms with E-state index in [2.05, 4.69) is 15.3 Å². The zero-order chi connectivity index (χ0) is 19.7. The van der Waals surface area contributed by atoms with E-state index in [-0.39, 0.29) is 5.25 Å². The molecule has 146 valence electrons. The number of benzene rings is 1. The minimum Gasteiger partial charge on any atom is -0.339 e. The lowest BCUT2D eigenvalue weighted by atomic mass is 10.0. The highest BCUT2D eigenvalue weighted by Gasteiger charge is 2.31. The van der Waals surface area contributed by atoms with Crippen LogP contribution in [0.3, 0.4) is 0 Å². The third-order valence-electron chi connectivity index (χ3n) is 5.41. The smallest absolute Gasteiger partial charge is 0.217 e. The van der Waals surface area contributed by atoms with Crippen molar-refractivity contribution in [1.29, 1.82) is 0 Å². The molecule has 28 heavy (non-hydrogen) atoms. The Kier molecular flexibility index (Phi) is 5.03. The fraction of sp³-hybridized carbons (Fsp3) is 0.333. The lowest BCUT2D eigenvalue weighted by Gasteiger charge is -2.31. The van der Waals surface area contributed by atoms with Crippen LogP contribution in [0, 0.1) is 0 Å². The zero-order valence-electron chi connectivity index (χ0n) is 16.1. The number of hydrogen-bond acceptors (Lipinski definition) is 5. The van der Waals surface area contributed by atoms with Gasteiger partial charge < -0.3 is 5.32 Å². The van der Waals surface area contributed by atoms with Gasteiger partial charge in [-0.05, 0) is 43.5 Å². The molecule has 0 radical (unpaired) electrons. The molecule has 0 aliphatic carbocycles. The van der Waals surface area contributed by atoms with Gasteiger partial charge in [0.05, 0.1) is 22.7 Å². The van der Waals surface area contributed by atoms with Crippen molar-refractivity contribution in [1.82, 2.24) is 14.3 Å². The highest BCUT2D eigenvalue weighted by atomic mass is 32.2. The number of anilines is 2. The van der Waals surface area contributed by atoms with Gasteiger partial charge in [-0.15, -0.1) is 0 Å². The van der Waals surface area contributed by atoms with Crippen molar-refractivity contribution >= 4 is 32.4 Å². The Morgan fingerprint density at radius 2 is 2.04 bits per heavy atom. The summed E-state index contributed by atoms with van der Waals surface area (Å²) in [5.74, 6) is 0.773. The summed E-state index contributed by atoms with van der Waals surface area (Å²) in [6.45, 7) is 4.56. The number of aromatic nitrogens is 2. The van der Waals surface area contributed by atoms with E-state index in [1.54, 1.807) is 23.6 Å². The average Bonchev–Trinajstić information content (AvgIpc) is 2.72. The maximum atomic E-state index is 12.7. The van der Waals surface area contributed by atoms with Crippen LogP contribution in [0.25, 0.3) is 10.9 Å². The Balaban J connectivity index is 1.61. The molecule has 1 unspecified atom stereocenters. The van der Waals surface area contributed by atoms with Crippen molar-refractivity contribution in [3.63, 3.8) is 0 Å². The molecule has 3 aromatic rings. The molecule has 6 nitrogen and oxygen atoms in total. The van der Waals surface area contributed by atoms with Crippen molar-refractivity contribution in [3.05, 3.63) is 59.9 Å². The van der Waals surface area contributed by atoms with E-state index in [0.29, 0.717) is 25.9 Å².